The van der Waals surface area contributed by atoms with E-state index in [4.69, 9.17) is 4.74 Å². The van der Waals surface area contributed by atoms with E-state index in [1.807, 2.05) is 19.1 Å². The Kier molecular flexibility index (Phi) is 6.53. The lowest BCUT2D eigenvalue weighted by molar-refractivity contribution is -0.149. The smallest absolute Gasteiger partial charge is 0.308 e. The van der Waals surface area contributed by atoms with Crippen molar-refractivity contribution in [1.29, 1.82) is 0 Å². The maximum Gasteiger partial charge on any atom is 0.308 e. The second-order valence-electron chi connectivity index (χ2n) is 8.34. The SMILES string of the molecule is CCc1ccc(NC(=O)COC(=O)CCN2C(=O)[C@@H]3[C@H]4C[C@@H]([C@H](Br)[C@@H]4Br)[C@@H]3C2=O)cc1. The molecule has 1 aromatic rings. The van der Waals surface area contributed by atoms with Gasteiger partial charge < -0.3 is 10.1 Å². The minimum absolute atomic E-state index is 0.0110. The fourth-order valence-corrected chi connectivity index (χ4v) is 6.95. The van der Waals surface area contributed by atoms with Crippen molar-refractivity contribution >= 4 is 61.2 Å². The zero-order valence-corrected chi connectivity index (χ0v) is 20.2. The number of benzene rings is 1. The van der Waals surface area contributed by atoms with E-state index in [1.165, 1.54) is 4.90 Å². The molecule has 0 unspecified atom stereocenters. The highest BCUT2D eigenvalue weighted by atomic mass is 79.9. The number of nitrogens with one attached hydrogen (secondary N) is 1. The first kappa shape index (κ1) is 22.5. The summed E-state index contributed by atoms with van der Waals surface area (Å²) in [5, 5.41) is 2.67. The van der Waals surface area contributed by atoms with Crippen molar-refractivity contribution in [3.05, 3.63) is 29.8 Å². The van der Waals surface area contributed by atoms with E-state index in [1.54, 1.807) is 12.1 Å². The minimum atomic E-state index is -0.617. The standard InChI is InChI=1S/C22H24Br2N2O5/c1-2-11-3-5-12(6-4-11)25-15(27)10-31-16(28)7-8-26-21(29)17-13-9-14(18(17)22(26)30)20(24)19(13)23/h3-6,13-14,17-20H,2,7-10H2,1H3,(H,25,27)/t13-,14-,17-,18+,19-,20+/m1/s1. The number of ether oxygens (including phenoxy) is 1. The Morgan fingerprint density at radius 1 is 1.06 bits per heavy atom. The van der Waals surface area contributed by atoms with Crippen LogP contribution < -0.4 is 5.32 Å². The van der Waals surface area contributed by atoms with Gasteiger partial charge in [-0.1, -0.05) is 50.9 Å². The third-order valence-corrected chi connectivity index (χ3v) is 9.83. The summed E-state index contributed by atoms with van der Waals surface area (Å²) in [5.74, 6) is -1.74. The molecule has 4 rings (SSSR count). The van der Waals surface area contributed by atoms with E-state index < -0.39 is 18.5 Å². The summed E-state index contributed by atoms with van der Waals surface area (Å²) in [6, 6.07) is 7.43. The Bertz CT molecular complexity index is 874. The predicted molar refractivity (Wildman–Crippen MR) is 121 cm³/mol. The second-order valence-corrected chi connectivity index (χ2v) is 10.5. The number of likely N-dealkylation sites (tertiary alicyclic amines) is 1. The summed E-state index contributed by atoms with van der Waals surface area (Å²) in [7, 11) is 0. The number of esters is 1. The zero-order chi connectivity index (χ0) is 22.3. The molecule has 2 saturated carbocycles. The van der Waals surface area contributed by atoms with Crippen LogP contribution in [0.3, 0.4) is 0 Å². The fourth-order valence-electron chi connectivity index (χ4n) is 5.07. The van der Waals surface area contributed by atoms with E-state index in [0.29, 0.717) is 5.69 Å². The number of imide groups is 1. The number of carbonyl (C=O) groups is 4. The molecule has 7 nitrogen and oxygen atoms in total. The second kappa shape index (κ2) is 9.02. The van der Waals surface area contributed by atoms with Crippen LogP contribution in [0.15, 0.2) is 24.3 Å². The van der Waals surface area contributed by atoms with Gasteiger partial charge >= 0.3 is 5.97 Å². The highest BCUT2D eigenvalue weighted by Crippen LogP contribution is 2.60. The maximum atomic E-state index is 12.8. The molecular formula is C22H24Br2N2O5. The molecule has 1 N–H and O–H groups in total. The van der Waals surface area contributed by atoms with Crippen molar-refractivity contribution in [1.82, 2.24) is 4.90 Å². The lowest BCUT2D eigenvalue weighted by Gasteiger charge is -2.28. The van der Waals surface area contributed by atoms with Crippen molar-refractivity contribution in [2.75, 3.05) is 18.5 Å². The van der Waals surface area contributed by atoms with E-state index in [0.717, 1.165) is 18.4 Å². The number of amides is 3. The molecule has 1 saturated heterocycles. The molecule has 0 aromatic heterocycles. The quantitative estimate of drug-likeness (QED) is 0.317. The van der Waals surface area contributed by atoms with Crippen molar-refractivity contribution in [2.24, 2.45) is 23.7 Å². The zero-order valence-electron chi connectivity index (χ0n) is 17.1. The number of nitrogens with zero attached hydrogens (tertiary/aromatic N) is 1. The molecule has 6 atom stereocenters. The first-order chi connectivity index (χ1) is 14.8. The highest BCUT2D eigenvalue weighted by Gasteiger charge is 2.66. The lowest BCUT2D eigenvalue weighted by atomic mass is 9.81. The van der Waals surface area contributed by atoms with E-state index >= 15 is 0 Å². The summed E-state index contributed by atoms with van der Waals surface area (Å²) >= 11 is 7.30. The average molecular weight is 556 g/mol. The van der Waals surface area contributed by atoms with Gasteiger partial charge in [-0.3, -0.25) is 24.1 Å². The van der Waals surface area contributed by atoms with Gasteiger partial charge in [-0.05, 0) is 42.4 Å². The summed E-state index contributed by atoms with van der Waals surface area (Å²) in [6.07, 6.45) is 1.65. The molecule has 166 valence electrons. The van der Waals surface area contributed by atoms with Crippen LogP contribution in [0.4, 0.5) is 5.69 Å². The van der Waals surface area contributed by atoms with E-state index in [9.17, 15) is 19.2 Å². The van der Waals surface area contributed by atoms with Crippen LogP contribution in [-0.2, 0) is 30.3 Å². The number of aryl methyl sites for hydroxylation is 1. The van der Waals surface area contributed by atoms with Gasteiger partial charge in [-0.25, -0.2) is 0 Å². The van der Waals surface area contributed by atoms with Gasteiger partial charge in [-0.2, -0.15) is 0 Å². The Labute approximate surface area is 197 Å². The van der Waals surface area contributed by atoms with E-state index in [2.05, 4.69) is 37.2 Å². The normalized spacial score (nSPS) is 31.1. The average Bonchev–Trinajstić information content (AvgIpc) is 3.36. The highest BCUT2D eigenvalue weighted by molar-refractivity contribution is 9.12. The Hall–Kier alpha value is -1.74. The number of hydrogen-bond donors (Lipinski definition) is 1. The number of carbonyl (C=O) groups excluding carboxylic acids is 4. The predicted octanol–water partition coefficient (Wildman–Crippen LogP) is 2.90. The maximum absolute atomic E-state index is 12.8. The fraction of sp³-hybridized carbons (Fsp3) is 0.545. The number of alkyl halides is 2. The van der Waals surface area contributed by atoms with Gasteiger partial charge in [-0.15, -0.1) is 0 Å². The molecule has 2 bridgehead atoms. The van der Waals surface area contributed by atoms with Crippen LogP contribution in [0.2, 0.25) is 0 Å². The van der Waals surface area contributed by atoms with Gasteiger partial charge in [0.25, 0.3) is 5.91 Å². The van der Waals surface area contributed by atoms with Crippen LogP contribution in [0.5, 0.6) is 0 Å². The molecule has 0 spiro atoms. The Balaban J connectivity index is 1.24. The van der Waals surface area contributed by atoms with Crippen molar-refractivity contribution in [3.63, 3.8) is 0 Å². The van der Waals surface area contributed by atoms with Crippen LogP contribution >= 0.6 is 31.9 Å². The summed E-state index contributed by atoms with van der Waals surface area (Å²) in [6.45, 7) is 1.62. The van der Waals surface area contributed by atoms with Crippen LogP contribution in [0.25, 0.3) is 0 Å². The number of rotatable bonds is 7. The molecule has 1 heterocycles. The van der Waals surface area contributed by atoms with Crippen LogP contribution in [0.1, 0.15) is 25.3 Å². The van der Waals surface area contributed by atoms with Gasteiger partial charge in [0.05, 0.1) is 18.3 Å². The Morgan fingerprint density at radius 2 is 1.65 bits per heavy atom. The molecule has 1 aromatic carbocycles. The topological polar surface area (TPSA) is 92.8 Å². The minimum Gasteiger partial charge on any atom is -0.456 e. The molecular weight excluding hydrogens is 532 g/mol. The molecule has 2 aliphatic carbocycles. The first-order valence-electron chi connectivity index (χ1n) is 10.5. The summed E-state index contributed by atoms with van der Waals surface area (Å²) in [5.41, 5.74) is 1.79. The van der Waals surface area contributed by atoms with Crippen LogP contribution in [0, 0.1) is 23.7 Å². The molecule has 3 amide bonds. The number of hydrogen-bond acceptors (Lipinski definition) is 5. The molecule has 0 radical (unpaired) electrons. The van der Waals surface area contributed by atoms with Gasteiger partial charge in [0, 0.05) is 21.9 Å². The van der Waals surface area contributed by atoms with Gasteiger partial charge in [0.1, 0.15) is 0 Å². The number of anilines is 1. The van der Waals surface area contributed by atoms with Crippen LogP contribution in [-0.4, -0.2) is 51.4 Å². The van der Waals surface area contributed by atoms with Gasteiger partial charge in [0.2, 0.25) is 11.8 Å². The summed E-state index contributed by atoms with van der Waals surface area (Å²) in [4.78, 5) is 51.3. The largest absolute Gasteiger partial charge is 0.456 e. The number of fused-ring (bicyclic) bond motifs is 5. The lowest BCUT2D eigenvalue weighted by Crippen LogP contribution is -2.37. The van der Waals surface area contributed by atoms with Crippen molar-refractivity contribution < 1.29 is 23.9 Å². The molecule has 31 heavy (non-hydrogen) atoms. The molecule has 1 aliphatic heterocycles. The monoisotopic (exact) mass is 554 g/mol. The molecule has 9 heteroatoms. The number of halogens is 2. The van der Waals surface area contributed by atoms with Gasteiger partial charge in [0.15, 0.2) is 6.61 Å². The first-order valence-corrected chi connectivity index (χ1v) is 12.3. The molecule has 3 aliphatic rings. The molecule has 3 fully saturated rings. The third-order valence-electron chi connectivity index (χ3n) is 6.63. The third kappa shape index (κ3) is 4.18. The van der Waals surface area contributed by atoms with Crippen molar-refractivity contribution in [3.8, 4) is 0 Å². The van der Waals surface area contributed by atoms with Crippen molar-refractivity contribution in [2.45, 2.75) is 35.8 Å². The summed E-state index contributed by atoms with van der Waals surface area (Å²) < 4.78 is 5.02. The van der Waals surface area contributed by atoms with E-state index in [-0.39, 0.29) is 58.1 Å². The Morgan fingerprint density at radius 3 is 2.19 bits per heavy atom.